The maximum atomic E-state index is 11.9. The maximum absolute atomic E-state index is 11.9. The summed E-state index contributed by atoms with van der Waals surface area (Å²) >= 11 is 0. The molecule has 2 amide bonds. The zero-order valence-corrected chi connectivity index (χ0v) is 12.7. The Morgan fingerprint density at radius 3 is 2.87 bits per heavy atom. The van der Waals surface area contributed by atoms with Gasteiger partial charge in [0.05, 0.1) is 5.69 Å². The van der Waals surface area contributed by atoms with Gasteiger partial charge in [0.15, 0.2) is 6.10 Å². The Labute approximate surface area is 133 Å². The lowest BCUT2D eigenvalue weighted by molar-refractivity contribution is -0.122. The molecule has 1 aliphatic heterocycles. The topological polar surface area (TPSA) is 80.3 Å². The third-order valence-electron chi connectivity index (χ3n) is 3.62. The van der Waals surface area contributed by atoms with E-state index in [1.165, 1.54) is 0 Å². The largest absolute Gasteiger partial charge is 0.479 e. The fraction of sp³-hybridized carbons (Fsp3) is 0.235. The molecule has 1 atom stereocenters. The van der Waals surface area contributed by atoms with Crippen LogP contribution in [-0.4, -0.2) is 29.4 Å². The van der Waals surface area contributed by atoms with Gasteiger partial charge >= 0.3 is 0 Å². The number of nitrogens with zero attached hydrogens (tertiary/aromatic N) is 1. The van der Waals surface area contributed by atoms with Crippen LogP contribution in [0.5, 0.6) is 5.75 Å². The van der Waals surface area contributed by atoms with E-state index in [2.05, 4.69) is 15.6 Å². The molecule has 1 aromatic carbocycles. The minimum Gasteiger partial charge on any atom is -0.479 e. The molecule has 3 rings (SSSR count). The second-order valence-electron chi connectivity index (χ2n) is 5.32. The van der Waals surface area contributed by atoms with Crippen molar-refractivity contribution < 1.29 is 14.3 Å². The van der Waals surface area contributed by atoms with Crippen LogP contribution in [0.25, 0.3) is 0 Å². The summed E-state index contributed by atoms with van der Waals surface area (Å²) < 4.78 is 5.51. The number of hydrogen-bond donors (Lipinski definition) is 2. The predicted octanol–water partition coefficient (Wildman–Crippen LogP) is 1.77. The molecular weight excluding hydrogens is 294 g/mol. The number of ether oxygens (including phenoxy) is 1. The van der Waals surface area contributed by atoms with E-state index in [1.807, 2.05) is 18.2 Å². The predicted molar refractivity (Wildman–Crippen MR) is 85.4 cm³/mol. The number of carbonyl (C=O) groups excluding carboxylic acids is 2. The van der Waals surface area contributed by atoms with Crippen molar-refractivity contribution in [2.45, 2.75) is 19.4 Å². The average Bonchev–Trinajstić information content (AvgIpc) is 2.57. The molecule has 2 aromatic rings. The maximum Gasteiger partial charge on any atom is 0.265 e. The molecule has 0 bridgehead atoms. The summed E-state index contributed by atoms with van der Waals surface area (Å²) in [6.07, 6.45) is 3.35. The van der Waals surface area contributed by atoms with Crippen molar-refractivity contribution in [3.63, 3.8) is 0 Å². The van der Waals surface area contributed by atoms with Crippen LogP contribution in [0, 0.1) is 0 Å². The van der Waals surface area contributed by atoms with Gasteiger partial charge in [-0.1, -0.05) is 6.07 Å². The summed E-state index contributed by atoms with van der Waals surface area (Å²) in [7, 11) is 0. The number of hydrogen-bond acceptors (Lipinski definition) is 4. The fourth-order valence-electron chi connectivity index (χ4n) is 2.34. The number of amides is 2. The lowest BCUT2D eigenvalue weighted by atomic mass is 10.1. The minimum atomic E-state index is -0.479. The highest BCUT2D eigenvalue weighted by Crippen LogP contribution is 2.30. The Balaban J connectivity index is 1.58. The van der Waals surface area contributed by atoms with Gasteiger partial charge < -0.3 is 15.4 Å². The summed E-state index contributed by atoms with van der Waals surface area (Å²) in [4.78, 5) is 27.4. The second-order valence-corrected chi connectivity index (χ2v) is 5.32. The Hall–Kier alpha value is -2.89. The van der Waals surface area contributed by atoms with E-state index in [9.17, 15) is 9.59 Å². The van der Waals surface area contributed by atoms with Gasteiger partial charge in [0, 0.05) is 24.5 Å². The average molecular weight is 311 g/mol. The first kappa shape index (κ1) is 15.0. The molecule has 0 saturated heterocycles. The Kier molecular flexibility index (Phi) is 4.23. The molecule has 118 valence electrons. The zero-order chi connectivity index (χ0) is 16.2. The highest BCUT2D eigenvalue weighted by Gasteiger charge is 2.23. The standard InChI is InChI=1S/C17H17N3O3/c1-11-16(21)20-14-10-12(2-3-15(14)23-11)4-9-19-17(22)13-5-7-18-8-6-13/h2-3,5-8,10-11H,4,9H2,1H3,(H,19,22)(H,20,21). The first-order chi connectivity index (χ1) is 11.1. The van der Waals surface area contributed by atoms with Crippen LogP contribution in [-0.2, 0) is 11.2 Å². The molecule has 0 spiro atoms. The van der Waals surface area contributed by atoms with E-state index in [1.54, 1.807) is 31.5 Å². The Morgan fingerprint density at radius 1 is 1.30 bits per heavy atom. The normalized spacial score (nSPS) is 16.0. The number of benzene rings is 1. The van der Waals surface area contributed by atoms with Crippen molar-refractivity contribution >= 4 is 17.5 Å². The van der Waals surface area contributed by atoms with Crippen molar-refractivity contribution in [2.75, 3.05) is 11.9 Å². The van der Waals surface area contributed by atoms with Crippen LogP contribution in [0.4, 0.5) is 5.69 Å². The van der Waals surface area contributed by atoms with Crippen LogP contribution < -0.4 is 15.4 Å². The van der Waals surface area contributed by atoms with Crippen LogP contribution in [0.3, 0.4) is 0 Å². The summed E-state index contributed by atoms with van der Waals surface area (Å²) in [5.74, 6) is 0.387. The van der Waals surface area contributed by atoms with Crippen molar-refractivity contribution in [3.8, 4) is 5.75 Å². The smallest absolute Gasteiger partial charge is 0.265 e. The quantitative estimate of drug-likeness (QED) is 0.902. The van der Waals surface area contributed by atoms with Gasteiger partial charge in [0.1, 0.15) is 5.75 Å². The molecule has 0 fully saturated rings. The molecule has 2 heterocycles. The van der Waals surface area contributed by atoms with Gasteiger partial charge in [-0.3, -0.25) is 14.6 Å². The van der Waals surface area contributed by atoms with Crippen LogP contribution in [0.2, 0.25) is 0 Å². The highest BCUT2D eigenvalue weighted by molar-refractivity contribution is 5.97. The van der Waals surface area contributed by atoms with Gasteiger partial charge in [-0.05, 0) is 43.2 Å². The molecule has 6 nitrogen and oxygen atoms in total. The summed E-state index contributed by atoms with van der Waals surface area (Å²) in [5.41, 5.74) is 2.27. The van der Waals surface area contributed by atoms with Crippen molar-refractivity contribution in [1.82, 2.24) is 10.3 Å². The number of aromatic nitrogens is 1. The second kappa shape index (κ2) is 6.48. The van der Waals surface area contributed by atoms with Gasteiger partial charge in [-0.15, -0.1) is 0 Å². The van der Waals surface area contributed by atoms with Gasteiger partial charge in [-0.2, -0.15) is 0 Å². The van der Waals surface area contributed by atoms with Gasteiger partial charge in [-0.25, -0.2) is 0 Å². The monoisotopic (exact) mass is 311 g/mol. The molecule has 2 N–H and O–H groups in total. The van der Waals surface area contributed by atoms with Crippen molar-refractivity contribution in [2.24, 2.45) is 0 Å². The molecule has 1 aliphatic rings. The zero-order valence-electron chi connectivity index (χ0n) is 12.7. The third-order valence-corrected chi connectivity index (χ3v) is 3.62. The summed E-state index contributed by atoms with van der Waals surface area (Å²) in [6, 6.07) is 8.98. The minimum absolute atomic E-state index is 0.129. The lowest BCUT2D eigenvalue weighted by Gasteiger charge is -2.23. The fourth-order valence-corrected chi connectivity index (χ4v) is 2.34. The first-order valence-corrected chi connectivity index (χ1v) is 7.42. The molecule has 1 aromatic heterocycles. The Morgan fingerprint density at radius 2 is 2.09 bits per heavy atom. The van der Waals surface area contributed by atoms with Crippen molar-refractivity contribution in [3.05, 3.63) is 53.9 Å². The first-order valence-electron chi connectivity index (χ1n) is 7.42. The van der Waals surface area contributed by atoms with E-state index >= 15 is 0 Å². The number of fused-ring (bicyclic) bond motifs is 1. The van der Waals surface area contributed by atoms with Crippen molar-refractivity contribution in [1.29, 1.82) is 0 Å². The molecule has 23 heavy (non-hydrogen) atoms. The Bertz CT molecular complexity index is 731. The number of rotatable bonds is 4. The molecule has 1 unspecified atom stereocenters. The van der Waals surface area contributed by atoms with Crippen LogP contribution in [0.15, 0.2) is 42.7 Å². The molecular formula is C17H17N3O3. The number of anilines is 1. The lowest BCUT2D eigenvalue weighted by Crippen LogP contribution is -2.34. The summed E-state index contributed by atoms with van der Waals surface area (Å²) in [5, 5.41) is 5.67. The van der Waals surface area contributed by atoms with E-state index < -0.39 is 6.10 Å². The van der Waals surface area contributed by atoms with Gasteiger partial charge in [0.25, 0.3) is 11.8 Å². The summed E-state index contributed by atoms with van der Waals surface area (Å²) in [6.45, 7) is 2.21. The van der Waals surface area contributed by atoms with Crippen LogP contribution in [0.1, 0.15) is 22.8 Å². The van der Waals surface area contributed by atoms with Crippen LogP contribution >= 0.6 is 0 Å². The SMILES string of the molecule is CC1Oc2ccc(CCNC(=O)c3ccncc3)cc2NC1=O. The van der Waals surface area contributed by atoms with E-state index in [0.29, 0.717) is 30.0 Å². The van der Waals surface area contributed by atoms with E-state index in [0.717, 1.165) is 5.56 Å². The highest BCUT2D eigenvalue weighted by atomic mass is 16.5. The number of pyridine rings is 1. The third kappa shape index (κ3) is 3.48. The molecule has 0 radical (unpaired) electrons. The molecule has 0 aliphatic carbocycles. The number of carbonyl (C=O) groups is 2. The number of nitrogens with one attached hydrogen (secondary N) is 2. The van der Waals surface area contributed by atoms with Gasteiger partial charge in [0.2, 0.25) is 0 Å². The molecule has 6 heteroatoms. The van der Waals surface area contributed by atoms with E-state index in [4.69, 9.17) is 4.74 Å². The van der Waals surface area contributed by atoms with E-state index in [-0.39, 0.29) is 11.8 Å². The molecule has 0 saturated carbocycles.